The first-order valence-electron chi connectivity index (χ1n) is 13.5. The van der Waals surface area contributed by atoms with E-state index in [1.54, 1.807) is 27.7 Å². The fraction of sp³-hybridized carbons (Fsp3) is 0.652. The predicted molar refractivity (Wildman–Crippen MR) is 160 cm³/mol. The number of nitrogens with two attached hydrogens (primary N) is 1. The third kappa shape index (κ3) is 7.86. The summed E-state index contributed by atoms with van der Waals surface area (Å²) in [6.45, 7) is 7.86. The first kappa shape index (κ1) is 33.2. The monoisotopic (exact) mass is 671 g/mol. The second-order valence-electron chi connectivity index (χ2n) is 10.8. The number of carboxylic acid groups (broad SMARTS) is 1. The van der Waals surface area contributed by atoms with Gasteiger partial charge in [-0.1, -0.05) is 16.9 Å². The topological polar surface area (TPSA) is 242 Å². The van der Waals surface area contributed by atoms with Gasteiger partial charge in [0.05, 0.1) is 0 Å². The Morgan fingerprint density at radius 2 is 2.09 bits per heavy atom. The number of fused-ring (bicyclic) bond motifs is 1. The minimum absolute atomic E-state index is 0.0260. The summed E-state index contributed by atoms with van der Waals surface area (Å²) in [6, 6.07) is -0.892. The van der Waals surface area contributed by atoms with Crippen molar-refractivity contribution >= 4 is 69.8 Å². The molecular formula is C23H33N11O7S3. The van der Waals surface area contributed by atoms with Crippen molar-refractivity contribution in [3.63, 3.8) is 0 Å². The smallest absolute Gasteiger partial charge is 0.407 e. The van der Waals surface area contributed by atoms with Crippen molar-refractivity contribution in [1.29, 1.82) is 0 Å². The number of tetrazole rings is 1. The average Bonchev–Trinajstić information content (AvgIpc) is 3.60. The molecule has 2 fully saturated rings. The number of rotatable bonds is 13. The first-order valence-corrected chi connectivity index (χ1v) is 16.3. The Morgan fingerprint density at radius 1 is 1.32 bits per heavy atom. The van der Waals surface area contributed by atoms with Crippen molar-refractivity contribution in [2.75, 3.05) is 36.9 Å². The molecule has 2 aromatic rings. The van der Waals surface area contributed by atoms with Crippen molar-refractivity contribution in [2.24, 2.45) is 10.6 Å². The molecule has 0 aliphatic carbocycles. The Kier molecular flexibility index (Phi) is 10.5. The van der Waals surface area contributed by atoms with Gasteiger partial charge in [0.2, 0.25) is 22.6 Å². The van der Waals surface area contributed by atoms with Crippen LogP contribution in [0.3, 0.4) is 0 Å². The molecule has 44 heavy (non-hydrogen) atoms. The number of anilines is 1. The van der Waals surface area contributed by atoms with Gasteiger partial charge in [-0.05, 0) is 44.5 Å². The number of nitrogens with zero attached hydrogens (tertiary/aromatic N) is 8. The Hall–Kier alpha value is -3.72. The third-order valence-corrected chi connectivity index (χ3v) is 9.61. The van der Waals surface area contributed by atoms with E-state index in [2.05, 4.69) is 40.7 Å². The van der Waals surface area contributed by atoms with Crippen molar-refractivity contribution in [3.05, 3.63) is 5.82 Å². The maximum absolute atomic E-state index is 13.1. The lowest BCUT2D eigenvalue weighted by atomic mass is 9.89. The molecule has 2 aromatic heterocycles. The molecule has 2 unspecified atom stereocenters. The van der Waals surface area contributed by atoms with E-state index >= 15 is 0 Å². The highest BCUT2D eigenvalue weighted by atomic mass is 32.2. The molecule has 4 heterocycles. The number of oxime groups is 1. The molecule has 2 saturated heterocycles. The normalized spacial score (nSPS) is 21.7. The number of carboxylic acids is 1. The second-order valence-corrected chi connectivity index (χ2v) is 13.6. The van der Waals surface area contributed by atoms with E-state index in [0.717, 1.165) is 11.5 Å². The number of carbonyl (C=O) groups is 4. The Balaban J connectivity index is 1.32. The van der Waals surface area contributed by atoms with Crippen molar-refractivity contribution in [2.45, 2.75) is 62.8 Å². The zero-order valence-corrected chi connectivity index (χ0v) is 26.8. The van der Waals surface area contributed by atoms with E-state index in [4.69, 9.17) is 15.3 Å². The number of hydrogen-bond donors (Lipinski definition) is 4. The lowest BCUT2D eigenvalue weighted by molar-refractivity contribution is -0.157. The van der Waals surface area contributed by atoms with Gasteiger partial charge in [0.25, 0.3) is 5.91 Å². The van der Waals surface area contributed by atoms with E-state index in [1.165, 1.54) is 33.1 Å². The summed E-state index contributed by atoms with van der Waals surface area (Å²) in [7, 11) is 0. The minimum Gasteiger partial charge on any atom is -0.481 e. The van der Waals surface area contributed by atoms with Crippen LogP contribution in [0.2, 0.25) is 0 Å². The summed E-state index contributed by atoms with van der Waals surface area (Å²) in [4.78, 5) is 60.8. The number of nitrogens with one attached hydrogen (secondary N) is 2. The number of carbonyl (C=O) groups excluding carboxylic acids is 3. The van der Waals surface area contributed by atoms with E-state index in [9.17, 15) is 24.3 Å². The van der Waals surface area contributed by atoms with E-state index in [-0.39, 0.29) is 41.3 Å². The van der Waals surface area contributed by atoms with Gasteiger partial charge in [0.15, 0.2) is 5.13 Å². The number of ether oxygens (including phenoxy) is 1. The molecule has 18 nitrogen and oxygen atoms in total. The number of β-lactam (4-membered cyclic amide) rings is 1. The Labute approximate surface area is 264 Å². The molecule has 0 aromatic carbocycles. The fourth-order valence-electron chi connectivity index (χ4n) is 4.14. The van der Waals surface area contributed by atoms with Crippen LogP contribution in [0.4, 0.5) is 9.93 Å². The number of hydrogen-bond acceptors (Lipinski definition) is 16. The summed E-state index contributed by atoms with van der Waals surface area (Å²) in [6.07, 6.45) is -0.0130. The summed E-state index contributed by atoms with van der Waals surface area (Å²) < 4.78 is 10.7. The summed E-state index contributed by atoms with van der Waals surface area (Å²) in [5.74, 6) is -1.94. The SMILES string of the molecule is CCON=C(C(=O)NC1C(=O)N2CC(CSc3nnnn3CCCNC(=O)OC(C)(C)C)(C(=O)O)CS[C@H]12)c1nsc(N)n1. The number of aryl methyl sites for hydroxylation is 1. The van der Waals surface area contributed by atoms with Crippen LogP contribution in [0.15, 0.2) is 10.3 Å². The number of alkyl carbamates (subject to hydrolysis) is 1. The quantitative estimate of drug-likeness (QED) is 0.0721. The van der Waals surface area contributed by atoms with Gasteiger partial charge in [-0.15, -0.1) is 16.9 Å². The van der Waals surface area contributed by atoms with Crippen LogP contribution >= 0.6 is 35.1 Å². The molecule has 0 saturated carbocycles. The van der Waals surface area contributed by atoms with Gasteiger partial charge in [0.1, 0.15) is 29.0 Å². The molecule has 240 valence electrons. The largest absolute Gasteiger partial charge is 0.481 e. The van der Waals surface area contributed by atoms with Crippen molar-refractivity contribution < 1.29 is 33.9 Å². The van der Waals surface area contributed by atoms with Gasteiger partial charge in [-0.3, -0.25) is 14.4 Å². The molecule has 3 amide bonds. The van der Waals surface area contributed by atoms with Crippen LogP contribution in [0.5, 0.6) is 0 Å². The van der Waals surface area contributed by atoms with Crippen LogP contribution in [0.25, 0.3) is 0 Å². The molecule has 0 spiro atoms. The van der Waals surface area contributed by atoms with Gasteiger partial charge < -0.3 is 35.9 Å². The highest BCUT2D eigenvalue weighted by Crippen LogP contribution is 2.44. The third-order valence-electron chi connectivity index (χ3n) is 6.23. The Morgan fingerprint density at radius 3 is 2.75 bits per heavy atom. The number of thioether (sulfide) groups is 2. The highest BCUT2D eigenvalue weighted by Gasteiger charge is 2.57. The maximum Gasteiger partial charge on any atom is 0.407 e. The molecule has 0 bridgehead atoms. The summed E-state index contributed by atoms with van der Waals surface area (Å²) in [5.41, 5.74) is 3.53. The fourth-order valence-corrected chi connectivity index (χ4v) is 7.34. The van der Waals surface area contributed by atoms with Crippen LogP contribution < -0.4 is 16.4 Å². The van der Waals surface area contributed by atoms with Gasteiger partial charge >= 0.3 is 12.1 Å². The van der Waals surface area contributed by atoms with E-state index < -0.39 is 46.3 Å². The molecule has 21 heteroatoms. The van der Waals surface area contributed by atoms with Crippen LogP contribution in [0.1, 0.15) is 39.9 Å². The molecule has 4 rings (SSSR count). The molecule has 2 aliphatic heterocycles. The Bertz CT molecular complexity index is 1410. The number of aromatic nitrogens is 6. The zero-order chi connectivity index (χ0) is 32.1. The standard InChI is InChI=1S/C23H33N11O7S3/c1-5-40-29-12(14-27-19(24)44-30-14)15(35)26-13-16(36)33-9-23(18(37)38,10-42-17(13)33)11-43-20-28-31-32-34(20)8-6-7-25-21(39)41-22(2,3)4/h13,17H,5-11H2,1-4H3,(H,25,39)(H,26,35)(H,37,38)(H2,24,27,30)/t13?,17-,23?/m1/s1. The van der Waals surface area contributed by atoms with Crippen LogP contribution in [-0.4, -0.2) is 117 Å². The molecule has 3 atom stereocenters. The lowest BCUT2D eigenvalue weighted by Gasteiger charge is -2.53. The van der Waals surface area contributed by atoms with Gasteiger partial charge in [0, 0.05) is 42.7 Å². The maximum atomic E-state index is 13.1. The molecule has 0 radical (unpaired) electrons. The van der Waals surface area contributed by atoms with Gasteiger partial charge in [-0.25, -0.2) is 9.48 Å². The minimum atomic E-state index is -1.28. The van der Waals surface area contributed by atoms with Crippen molar-refractivity contribution in [1.82, 2.24) is 45.1 Å². The van der Waals surface area contributed by atoms with Crippen LogP contribution in [0, 0.1) is 5.41 Å². The lowest BCUT2D eigenvalue weighted by Crippen LogP contribution is -2.74. The van der Waals surface area contributed by atoms with Crippen LogP contribution in [-0.2, 0) is 30.5 Å². The highest BCUT2D eigenvalue weighted by molar-refractivity contribution is 8.00. The van der Waals surface area contributed by atoms with Gasteiger partial charge in [-0.2, -0.15) is 9.36 Å². The zero-order valence-electron chi connectivity index (χ0n) is 24.4. The van der Waals surface area contributed by atoms with Crippen molar-refractivity contribution in [3.8, 4) is 0 Å². The second kappa shape index (κ2) is 13.9. The number of nitrogen functional groups attached to an aromatic ring is 1. The number of aliphatic carboxylic acids is 1. The molecule has 5 N–H and O–H groups in total. The summed E-state index contributed by atoms with van der Waals surface area (Å²) in [5, 5.41) is 31.1. The molecule has 2 aliphatic rings. The average molecular weight is 672 g/mol. The van der Waals surface area contributed by atoms with E-state index in [1.807, 2.05) is 0 Å². The number of amides is 3. The first-order chi connectivity index (χ1) is 20.8. The molecular weight excluding hydrogens is 639 g/mol. The van der Waals surface area contributed by atoms with E-state index in [0.29, 0.717) is 24.7 Å². The summed E-state index contributed by atoms with van der Waals surface area (Å²) >= 11 is 3.32. The predicted octanol–water partition coefficient (Wildman–Crippen LogP) is 0.0254.